The zero-order valence-electron chi connectivity index (χ0n) is 7.79. The van der Waals surface area contributed by atoms with Gasteiger partial charge < -0.3 is 10.0 Å². The molecule has 6 nitrogen and oxygen atoms in total. The van der Waals surface area contributed by atoms with E-state index < -0.39 is 5.97 Å². The molecule has 1 heterocycles. The largest absolute Gasteiger partial charge is 0.480 e. The molecule has 1 aromatic rings. The Hall–Kier alpha value is -1.50. The molecule has 1 aliphatic rings. The fraction of sp³-hybridized carbons (Fsp3) is 0.500. The molecule has 1 aliphatic carbocycles. The molecule has 1 fully saturated rings. The summed E-state index contributed by atoms with van der Waals surface area (Å²) in [5.41, 5.74) is 0.230. The van der Waals surface area contributed by atoms with Crippen molar-refractivity contribution in [3.05, 3.63) is 11.1 Å². The van der Waals surface area contributed by atoms with E-state index in [1.165, 1.54) is 10.3 Å². The van der Waals surface area contributed by atoms with Crippen LogP contribution in [0, 0.1) is 0 Å². The third kappa shape index (κ3) is 2.30. The highest BCUT2D eigenvalue weighted by Gasteiger charge is 2.35. The second-order valence-electron chi connectivity index (χ2n) is 3.35. The molecular formula is C8H9N3O3S. The predicted octanol–water partition coefficient (Wildman–Crippen LogP) is 0.227. The quantitative estimate of drug-likeness (QED) is 0.795. The predicted molar refractivity (Wildman–Crippen MR) is 51.6 cm³/mol. The number of aliphatic carboxylic acids is 1. The lowest BCUT2D eigenvalue weighted by molar-refractivity contribution is -0.137. The molecule has 2 rings (SSSR count). The van der Waals surface area contributed by atoms with Crippen LogP contribution < -0.4 is 0 Å². The number of amides is 1. The molecule has 0 radical (unpaired) electrons. The second kappa shape index (κ2) is 3.93. The van der Waals surface area contributed by atoms with E-state index in [1.54, 1.807) is 0 Å². The molecule has 0 aromatic carbocycles. The van der Waals surface area contributed by atoms with Gasteiger partial charge in [0.25, 0.3) is 5.91 Å². The monoisotopic (exact) mass is 227 g/mol. The van der Waals surface area contributed by atoms with Gasteiger partial charge in [-0.05, 0) is 24.4 Å². The van der Waals surface area contributed by atoms with Crippen LogP contribution in [0.25, 0.3) is 0 Å². The summed E-state index contributed by atoms with van der Waals surface area (Å²) in [5, 5.41) is 13.8. The molecule has 0 saturated heterocycles. The minimum atomic E-state index is -1.00. The summed E-state index contributed by atoms with van der Waals surface area (Å²) in [4.78, 5) is 23.7. The molecule has 0 unspecified atom stereocenters. The van der Waals surface area contributed by atoms with Crippen molar-refractivity contribution in [1.29, 1.82) is 0 Å². The van der Waals surface area contributed by atoms with Crippen LogP contribution in [0.1, 0.15) is 23.3 Å². The van der Waals surface area contributed by atoms with Crippen molar-refractivity contribution in [1.82, 2.24) is 14.5 Å². The lowest BCUT2D eigenvalue weighted by Gasteiger charge is -2.18. The van der Waals surface area contributed by atoms with Gasteiger partial charge in [-0.15, -0.1) is 5.10 Å². The van der Waals surface area contributed by atoms with Gasteiger partial charge in [-0.2, -0.15) is 0 Å². The molecule has 0 aliphatic heterocycles. The molecule has 15 heavy (non-hydrogen) atoms. The van der Waals surface area contributed by atoms with E-state index in [-0.39, 0.29) is 24.2 Å². The van der Waals surface area contributed by atoms with Gasteiger partial charge in [0.05, 0.1) is 0 Å². The highest BCUT2D eigenvalue weighted by atomic mass is 32.1. The normalized spacial score (nSPS) is 14.9. The maximum atomic E-state index is 11.8. The van der Waals surface area contributed by atoms with Gasteiger partial charge in [-0.25, -0.2) is 0 Å². The Morgan fingerprint density at radius 2 is 2.33 bits per heavy atom. The molecule has 0 spiro atoms. The molecule has 0 bridgehead atoms. The van der Waals surface area contributed by atoms with Crippen LogP contribution in [0.3, 0.4) is 0 Å². The summed E-state index contributed by atoms with van der Waals surface area (Å²) >= 11 is 1.08. The Morgan fingerprint density at radius 3 is 2.80 bits per heavy atom. The van der Waals surface area contributed by atoms with Crippen LogP contribution in [-0.2, 0) is 4.79 Å². The molecule has 1 saturated carbocycles. The maximum absolute atomic E-state index is 11.8. The Morgan fingerprint density at radius 1 is 1.60 bits per heavy atom. The number of hydrogen-bond donors (Lipinski definition) is 1. The summed E-state index contributed by atoms with van der Waals surface area (Å²) < 4.78 is 3.58. The molecule has 1 aromatic heterocycles. The van der Waals surface area contributed by atoms with Crippen LogP contribution in [0.2, 0.25) is 0 Å². The van der Waals surface area contributed by atoms with Crippen LogP contribution >= 0.6 is 11.5 Å². The van der Waals surface area contributed by atoms with Crippen molar-refractivity contribution in [2.45, 2.75) is 18.9 Å². The molecule has 1 amide bonds. The summed E-state index contributed by atoms with van der Waals surface area (Å²) in [6.07, 6.45) is 1.74. The van der Waals surface area contributed by atoms with Crippen molar-refractivity contribution < 1.29 is 14.7 Å². The van der Waals surface area contributed by atoms with E-state index in [0.29, 0.717) is 0 Å². The third-order valence-electron chi connectivity index (χ3n) is 2.13. The topological polar surface area (TPSA) is 83.4 Å². The molecule has 1 N–H and O–H groups in total. The van der Waals surface area contributed by atoms with Crippen LogP contribution in [-0.4, -0.2) is 44.1 Å². The maximum Gasteiger partial charge on any atom is 0.323 e. The zero-order chi connectivity index (χ0) is 10.8. The highest BCUT2D eigenvalue weighted by Crippen LogP contribution is 2.27. The first-order valence-electron chi connectivity index (χ1n) is 4.48. The van der Waals surface area contributed by atoms with Gasteiger partial charge in [0, 0.05) is 11.4 Å². The number of carbonyl (C=O) groups is 2. The second-order valence-corrected chi connectivity index (χ2v) is 3.96. The number of carboxylic acids is 1. The average Bonchev–Trinajstić information content (AvgIpc) is 2.88. The zero-order valence-corrected chi connectivity index (χ0v) is 8.61. The smallest absolute Gasteiger partial charge is 0.323 e. The minimum Gasteiger partial charge on any atom is -0.480 e. The van der Waals surface area contributed by atoms with Gasteiger partial charge in [0.2, 0.25) is 0 Å². The summed E-state index contributed by atoms with van der Waals surface area (Å²) in [5.74, 6) is -1.34. The van der Waals surface area contributed by atoms with Crippen LogP contribution in [0.4, 0.5) is 0 Å². The summed E-state index contributed by atoms with van der Waals surface area (Å²) in [6, 6.07) is 0.0651. The van der Waals surface area contributed by atoms with Crippen LogP contribution in [0.15, 0.2) is 5.38 Å². The van der Waals surface area contributed by atoms with E-state index >= 15 is 0 Å². The molecule has 80 valence electrons. The first kappa shape index (κ1) is 10.0. The Bertz CT molecular complexity index is 374. The number of hydrogen-bond acceptors (Lipinski definition) is 5. The van der Waals surface area contributed by atoms with Crippen molar-refractivity contribution in [2.75, 3.05) is 6.54 Å². The Balaban J connectivity index is 2.10. The summed E-state index contributed by atoms with van der Waals surface area (Å²) in [6.45, 7) is -0.263. The lowest BCUT2D eigenvalue weighted by atomic mass is 10.3. The van der Waals surface area contributed by atoms with Gasteiger partial charge in [0.1, 0.15) is 6.54 Å². The first-order valence-corrected chi connectivity index (χ1v) is 5.32. The van der Waals surface area contributed by atoms with Crippen molar-refractivity contribution in [3.8, 4) is 0 Å². The van der Waals surface area contributed by atoms with Crippen molar-refractivity contribution in [3.63, 3.8) is 0 Å². The van der Waals surface area contributed by atoms with Gasteiger partial charge in [-0.1, -0.05) is 4.49 Å². The standard InChI is InChI=1S/C8H9N3O3S/c12-7(13)3-11(5-1-2-5)8(14)6-4-15-10-9-6/h4-5H,1-3H2,(H,12,13). The van der Waals surface area contributed by atoms with Gasteiger partial charge >= 0.3 is 5.97 Å². The average molecular weight is 227 g/mol. The number of aromatic nitrogens is 2. The van der Waals surface area contributed by atoms with Crippen molar-refractivity contribution >= 4 is 23.4 Å². The Labute approximate surface area is 89.7 Å². The lowest BCUT2D eigenvalue weighted by Crippen LogP contribution is -2.37. The number of carbonyl (C=O) groups excluding carboxylic acids is 1. The van der Waals surface area contributed by atoms with E-state index in [0.717, 1.165) is 24.4 Å². The number of rotatable bonds is 4. The molecular weight excluding hydrogens is 218 g/mol. The van der Waals surface area contributed by atoms with Gasteiger partial charge in [-0.3, -0.25) is 9.59 Å². The highest BCUT2D eigenvalue weighted by molar-refractivity contribution is 7.03. The SMILES string of the molecule is O=C(O)CN(C(=O)c1csnn1)C1CC1. The molecule has 7 heteroatoms. The first-order chi connectivity index (χ1) is 7.18. The van der Waals surface area contributed by atoms with Crippen LogP contribution in [0.5, 0.6) is 0 Å². The number of nitrogens with zero attached hydrogens (tertiary/aromatic N) is 3. The van der Waals surface area contributed by atoms with Crippen molar-refractivity contribution in [2.24, 2.45) is 0 Å². The third-order valence-corrected chi connectivity index (χ3v) is 2.64. The fourth-order valence-corrected chi connectivity index (χ4v) is 1.73. The van der Waals surface area contributed by atoms with E-state index in [1.807, 2.05) is 0 Å². The molecule has 0 atom stereocenters. The van der Waals surface area contributed by atoms with E-state index in [2.05, 4.69) is 9.59 Å². The minimum absolute atomic E-state index is 0.0651. The number of carboxylic acid groups (broad SMARTS) is 1. The summed E-state index contributed by atoms with van der Waals surface area (Å²) in [7, 11) is 0. The van der Waals surface area contributed by atoms with E-state index in [9.17, 15) is 9.59 Å². The van der Waals surface area contributed by atoms with E-state index in [4.69, 9.17) is 5.11 Å². The van der Waals surface area contributed by atoms with Gasteiger partial charge in [0.15, 0.2) is 5.69 Å². The fourth-order valence-electron chi connectivity index (χ4n) is 1.30. The Kier molecular flexibility index (Phi) is 2.63.